The average Bonchev–Trinajstić information content (AvgIpc) is 2.83. The molecule has 0 spiro atoms. The van der Waals surface area contributed by atoms with Gasteiger partial charge in [-0.05, 0) is 87.2 Å². The van der Waals surface area contributed by atoms with E-state index in [0.717, 1.165) is 28.1 Å². The predicted octanol–water partition coefficient (Wildman–Crippen LogP) is 4.99. The van der Waals surface area contributed by atoms with Gasteiger partial charge in [0.2, 0.25) is 0 Å². The van der Waals surface area contributed by atoms with E-state index >= 15 is 0 Å². The molecule has 1 nitrogen and oxygen atoms in total. The summed E-state index contributed by atoms with van der Waals surface area (Å²) >= 11 is 5.37. The van der Waals surface area contributed by atoms with Gasteiger partial charge in [-0.3, -0.25) is 0 Å². The Kier molecular flexibility index (Phi) is 2.49. The number of aliphatic hydroxyl groups excluding tert-OH is 1. The normalized spacial score (nSPS) is 39.2. The van der Waals surface area contributed by atoms with E-state index in [9.17, 15) is 5.11 Å². The average molecular weight is 349 g/mol. The Labute approximate surface area is 131 Å². The van der Waals surface area contributed by atoms with E-state index < -0.39 is 0 Å². The molecule has 1 heterocycles. The quantitative estimate of drug-likeness (QED) is 0.810. The lowest BCUT2D eigenvalue weighted by atomic mass is 9.95. The van der Waals surface area contributed by atoms with Crippen LogP contribution in [0.4, 0.5) is 0 Å². The van der Waals surface area contributed by atoms with Crippen LogP contribution in [0.15, 0.2) is 28.1 Å². The highest BCUT2D eigenvalue weighted by Gasteiger charge is 2.66. The Balaban J connectivity index is 1.52. The number of halogens is 1. The van der Waals surface area contributed by atoms with Crippen molar-refractivity contribution in [2.24, 2.45) is 29.6 Å². The Bertz CT molecular complexity index is 677. The summed E-state index contributed by atoms with van der Waals surface area (Å²) in [6.07, 6.45) is 4.06. The first kappa shape index (κ1) is 12.2. The third-order valence-electron chi connectivity index (χ3n) is 6.06. The molecule has 3 aliphatic carbocycles. The van der Waals surface area contributed by atoms with Crippen molar-refractivity contribution in [2.45, 2.75) is 25.4 Å². The van der Waals surface area contributed by atoms with Crippen molar-refractivity contribution in [1.29, 1.82) is 0 Å². The van der Waals surface area contributed by atoms with Gasteiger partial charge in [-0.1, -0.05) is 12.1 Å². The van der Waals surface area contributed by atoms with Crippen molar-refractivity contribution in [3.05, 3.63) is 33.6 Å². The monoisotopic (exact) mass is 348 g/mol. The van der Waals surface area contributed by atoms with Crippen LogP contribution < -0.4 is 0 Å². The molecule has 0 aliphatic heterocycles. The lowest BCUT2D eigenvalue weighted by Crippen LogP contribution is -2.07. The van der Waals surface area contributed by atoms with Crippen molar-refractivity contribution >= 4 is 37.4 Å². The maximum atomic E-state index is 10.9. The molecule has 5 unspecified atom stereocenters. The minimum Gasteiger partial charge on any atom is -0.388 e. The van der Waals surface area contributed by atoms with Crippen LogP contribution in [0.5, 0.6) is 0 Å². The number of benzene rings is 1. The van der Waals surface area contributed by atoms with Crippen LogP contribution in [-0.4, -0.2) is 5.11 Å². The second-order valence-electron chi connectivity index (χ2n) is 6.82. The molecular formula is C17H17BrOS. The molecule has 104 valence electrons. The molecule has 0 radical (unpaired) electrons. The van der Waals surface area contributed by atoms with E-state index in [1.807, 2.05) is 0 Å². The molecule has 20 heavy (non-hydrogen) atoms. The third kappa shape index (κ3) is 1.47. The fraction of sp³-hybridized carbons (Fsp3) is 0.529. The molecule has 1 aromatic heterocycles. The molecule has 1 N–H and O–H groups in total. The predicted molar refractivity (Wildman–Crippen MR) is 85.8 cm³/mol. The maximum Gasteiger partial charge on any atom is 0.0837 e. The molecule has 3 fully saturated rings. The van der Waals surface area contributed by atoms with Gasteiger partial charge in [0.05, 0.1) is 6.10 Å². The minimum atomic E-state index is -0.239. The van der Waals surface area contributed by atoms with E-state index in [-0.39, 0.29) is 6.10 Å². The zero-order valence-corrected chi connectivity index (χ0v) is 13.5. The third-order valence-corrected chi connectivity index (χ3v) is 8.03. The van der Waals surface area contributed by atoms with Crippen LogP contribution in [-0.2, 0) is 0 Å². The summed E-state index contributed by atoms with van der Waals surface area (Å²) in [5.74, 6) is 4.09. The fourth-order valence-corrected chi connectivity index (χ4v) is 6.94. The summed E-state index contributed by atoms with van der Waals surface area (Å²) in [4.78, 5) is 0. The van der Waals surface area contributed by atoms with Crippen molar-refractivity contribution in [2.75, 3.05) is 0 Å². The van der Waals surface area contributed by atoms with Crippen molar-refractivity contribution in [3.63, 3.8) is 0 Å². The molecule has 5 atom stereocenters. The second-order valence-corrected chi connectivity index (χ2v) is 8.55. The lowest BCUT2D eigenvalue weighted by molar-refractivity contribution is 0.131. The SMILES string of the molecule is OC(c1csc2c(Br)cccc12)C1C2C3CCC(C3)C21. The summed E-state index contributed by atoms with van der Waals surface area (Å²) in [6, 6.07) is 6.32. The van der Waals surface area contributed by atoms with Crippen LogP contribution in [0.25, 0.3) is 10.1 Å². The second kappa shape index (κ2) is 4.08. The minimum absolute atomic E-state index is 0.239. The molecule has 1 aromatic carbocycles. The van der Waals surface area contributed by atoms with Gasteiger partial charge in [-0.15, -0.1) is 11.3 Å². The number of hydrogen-bond acceptors (Lipinski definition) is 2. The van der Waals surface area contributed by atoms with Gasteiger partial charge in [0.1, 0.15) is 0 Å². The topological polar surface area (TPSA) is 20.2 Å². The molecule has 2 bridgehead atoms. The number of rotatable bonds is 2. The van der Waals surface area contributed by atoms with Crippen LogP contribution in [0.2, 0.25) is 0 Å². The van der Waals surface area contributed by atoms with Crippen LogP contribution in [0.1, 0.15) is 30.9 Å². The Morgan fingerprint density at radius 1 is 1.20 bits per heavy atom. The maximum absolute atomic E-state index is 10.9. The lowest BCUT2D eigenvalue weighted by Gasteiger charge is -2.15. The first-order chi connectivity index (χ1) is 9.75. The molecule has 0 saturated heterocycles. The highest BCUT2D eigenvalue weighted by Crippen LogP contribution is 2.72. The van der Waals surface area contributed by atoms with Crippen molar-refractivity contribution in [3.8, 4) is 0 Å². The fourth-order valence-electron chi connectivity index (χ4n) is 5.29. The number of fused-ring (bicyclic) bond motifs is 6. The van der Waals surface area contributed by atoms with E-state index in [4.69, 9.17) is 0 Å². The molecule has 3 aliphatic rings. The van der Waals surface area contributed by atoms with Gasteiger partial charge in [-0.2, -0.15) is 0 Å². The van der Waals surface area contributed by atoms with E-state index in [0.29, 0.717) is 5.92 Å². The summed E-state index contributed by atoms with van der Waals surface area (Å²) in [5, 5.41) is 14.3. The number of thiophene rings is 1. The zero-order valence-electron chi connectivity index (χ0n) is 11.1. The standard InChI is InChI=1S/C17H17BrOS/c18-12-3-1-2-10-11(7-20-17(10)12)16(19)15-13-8-4-5-9(6-8)14(13)15/h1-3,7-9,13-16,19H,4-6H2. The highest BCUT2D eigenvalue weighted by atomic mass is 79.9. The van der Waals surface area contributed by atoms with Crippen LogP contribution >= 0.6 is 27.3 Å². The summed E-state index contributed by atoms with van der Waals surface area (Å²) in [7, 11) is 0. The highest BCUT2D eigenvalue weighted by molar-refractivity contribution is 9.10. The summed E-state index contributed by atoms with van der Waals surface area (Å²) in [5.41, 5.74) is 1.17. The molecule has 3 heteroatoms. The largest absolute Gasteiger partial charge is 0.388 e. The van der Waals surface area contributed by atoms with E-state index in [2.05, 4.69) is 39.5 Å². The summed E-state index contributed by atoms with van der Waals surface area (Å²) in [6.45, 7) is 0. The number of aliphatic hydroxyl groups is 1. The molecular weight excluding hydrogens is 332 g/mol. The van der Waals surface area contributed by atoms with Gasteiger partial charge in [0.15, 0.2) is 0 Å². The Morgan fingerprint density at radius 3 is 2.70 bits per heavy atom. The Hall–Kier alpha value is -0.380. The van der Waals surface area contributed by atoms with Gasteiger partial charge in [0, 0.05) is 9.17 Å². The Morgan fingerprint density at radius 2 is 1.95 bits per heavy atom. The van der Waals surface area contributed by atoms with Gasteiger partial charge >= 0.3 is 0 Å². The zero-order chi connectivity index (χ0) is 13.4. The van der Waals surface area contributed by atoms with E-state index in [1.165, 1.54) is 34.9 Å². The molecule has 2 aromatic rings. The van der Waals surface area contributed by atoms with Crippen LogP contribution in [0.3, 0.4) is 0 Å². The summed E-state index contributed by atoms with van der Waals surface area (Å²) < 4.78 is 2.42. The van der Waals surface area contributed by atoms with Crippen molar-refractivity contribution in [1.82, 2.24) is 0 Å². The van der Waals surface area contributed by atoms with E-state index in [1.54, 1.807) is 11.3 Å². The smallest absolute Gasteiger partial charge is 0.0837 e. The molecule has 5 rings (SSSR count). The van der Waals surface area contributed by atoms with Gasteiger partial charge in [-0.25, -0.2) is 0 Å². The van der Waals surface area contributed by atoms with Crippen LogP contribution in [0, 0.1) is 29.6 Å². The molecule has 0 amide bonds. The first-order valence-corrected chi connectivity index (χ1v) is 9.26. The first-order valence-electron chi connectivity index (χ1n) is 7.59. The molecule has 3 saturated carbocycles. The van der Waals surface area contributed by atoms with Crippen molar-refractivity contribution < 1.29 is 5.11 Å². The number of hydrogen-bond donors (Lipinski definition) is 1. The van der Waals surface area contributed by atoms with Gasteiger partial charge < -0.3 is 5.11 Å². The van der Waals surface area contributed by atoms with Gasteiger partial charge in [0.25, 0.3) is 0 Å².